The van der Waals surface area contributed by atoms with Gasteiger partial charge >= 0.3 is 0 Å². The van der Waals surface area contributed by atoms with E-state index in [1.54, 1.807) is 12.1 Å². The van der Waals surface area contributed by atoms with Crippen LogP contribution >= 0.6 is 0 Å². The number of nitrogens with zero attached hydrogens (tertiary/aromatic N) is 2. The van der Waals surface area contributed by atoms with Crippen LogP contribution in [0, 0.1) is 11.8 Å². The molecule has 1 heterocycles. The molecular weight excluding hydrogens is 240 g/mol. The van der Waals surface area contributed by atoms with Gasteiger partial charge in [0.2, 0.25) is 5.91 Å². The Morgan fingerprint density at radius 1 is 1.16 bits per heavy atom. The molecule has 0 aromatic heterocycles. The molecule has 4 nitrogen and oxygen atoms in total. The quantitative estimate of drug-likeness (QED) is 0.880. The number of amides is 1. The van der Waals surface area contributed by atoms with Crippen molar-refractivity contribution in [3.8, 4) is 5.75 Å². The molecule has 3 rings (SSSR count). The lowest BCUT2D eigenvalue weighted by Crippen LogP contribution is -2.49. The number of benzene rings is 1. The molecule has 2 aliphatic rings. The number of hydrogen-bond donors (Lipinski definition) is 1. The number of rotatable bonds is 2. The number of anilines is 1. The van der Waals surface area contributed by atoms with Crippen molar-refractivity contribution in [1.29, 1.82) is 0 Å². The van der Waals surface area contributed by atoms with Crippen LogP contribution in [0.3, 0.4) is 0 Å². The molecule has 19 heavy (non-hydrogen) atoms. The van der Waals surface area contributed by atoms with Crippen LogP contribution in [0.4, 0.5) is 5.69 Å². The Morgan fingerprint density at radius 3 is 2.26 bits per heavy atom. The van der Waals surface area contributed by atoms with Crippen molar-refractivity contribution in [2.75, 3.05) is 31.1 Å². The van der Waals surface area contributed by atoms with E-state index in [9.17, 15) is 9.90 Å². The van der Waals surface area contributed by atoms with E-state index in [0.717, 1.165) is 38.3 Å². The molecule has 1 aliphatic carbocycles. The fourth-order valence-electron chi connectivity index (χ4n) is 2.75. The highest BCUT2D eigenvalue weighted by atomic mass is 16.3. The van der Waals surface area contributed by atoms with E-state index in [4.69, 9.17) is 0 Å². The second kappa shape index (κ2) is 4.76. The molecule has 4 heteroatoms. The van der Waals surface area contributed by atoms with Crippen LogP contribution in [0.2, 0.25) is 0 Å². The molecule has 2 atom stereocenters. The van der Waals surface area contributed by atoms with Crippen molar-refractivity contribution in [2.45, 2.75) is 13.3 Å². The van der Waals surface area contributed by atoms with Crippen molar-refractivity contribution < 1.29 is 9.90 Å². The fourth-order valence-corrected chi connectivity index (χ4v) is 2.75. The van der Waals surface area contributed by atoms with Crippen LogP contribution in [0.5, 0.6) is 5.75 Å². The Morgan fingerprint density at radius 2 is 1.74 bits per heavy atom. The van der Waals surface area contributed by atoms with E-state index in [-0.39, 0.29) is 0 Å². The monoisotopic (exact) mass is 260 g/mol. The lowest BCUT2D eigenvalue weighted by atomic mass is 10.2. The maximum atomic E-state index is 12.1. The highest BCUT2D eigenvalue weighted by molar-refractivity contribution is 5.81. The average molecular weight is 260 g/mol. The van der Waals surface area contributed by atoms with Gasteiger partial charge in [0, 0.05) is 37.8 Å². The van der Waals surface area contributed by atoms with Crippen molar-refractivity contribution in [3.63, 3.8) is 0 Å². The van der Waals surface area contributed by atoms with Gasteiger partial charge in [-0.25, -0.2) is 0 Å². The molecular formula is C15H20N2O2. The first kappa shape index (κ1) is 12.3. The van der Waals surface area contributed by atoms with E-state index < -0.39 is 0 Å². The third-order valence-corrected chi connectivity index (χ3v) is 4.23. The van der Waals surface area contributed by atoms with Crippen LogP contribution in [-0.4, -0.2) is 42.1 Å². The molecule has 1 aromatic rings. The minimum Gasteiger partial charge on any atom is -0.508 e. The Bertz CT molecular complexity index is 464. The van der Waals surface area contributed by atoms with Crippen molar-refractivity contribution in [3.05, 3.63) is 24.3 Å². The molecule has 2 fully saturated rings. The third-order valence-electron chi connectivity index (χ3n) is 4.23. The minimum absolute atomic E-state index is 0.292. The van der Waals surface area contributed by atoms with Gasteiger partial charge in [-0.3, -0.25) is 4.79 Å². The summed E-state index contributed by atoms with van der Waals surface area (Å²) in [6.07, 6.45) is 1.07. The zero-order chi connectivity index (χ0) is 13.4. The Hall–Kier alpha value is -1.71. The van der Waals surface area contributed by atoms with Crippen LogP contribution in [0.25, 0.3) is 0 Å². The molecule has 102 valence electrons. The summed E-state index contributed by atoms with van der Waals surface area (Å²) in [6.45, 7) is 5.51. The fraction of sp³-hybridized carbons (Fsp3) is 0.533. The van der Waals surface area contributed by atoms with Gasteiger partial charge in [-0.15, -0.1) is 0 Å². The zero-order valence-electron chi connectivity index (χ0n) is 11.2. The summed E-state index contributed by atoms with van der Waals surface area (Å²) in [5.74, 6) is 1.51. The summed E-state index contributed by atoms with van der Waals surface area (Å²) in [5.41, 5.74) is 1.12. The number of aromatic hydroxyl groups is 1. The number of carbonyl (C=O) groups excluding carboxylic acids is 1. The summed E-state index contributed by atoms with van der Waals surface area (Å²) < 4.78 is 0. The Labute approximate surface area is 113 Å². The minimum atomic E-state index is 0.292. The number of hydrogen-bond acceptors (Lipinski definition) is 3. The number of piperazine rings is 1. The standard InChI is InChI=1S/C15H20N2O2/c1-11-10-14(11)15(19)17-8-6-16(7-9-17)12-2-4-13(18)5-3-12/h2-5,11,14,18H,6-10H2,1H3. The van der Waals surface area contributed by atoms with Crippen molar-refractivity contribution >= 4 is 11.6 Å². The largest absolute Gasteiger partial charge is 0.508 e. The molecule has 1 N–H and O–H groups in total. The summed E-state index contributed by atoms with van der Waals surface area (Å²) in [4.78, 5) is 16.4. The predicted molar refractivity (Wildman–Crippen MR) is 74.2 cm³/mol. The number of phenolic OH excluding ortho intramolecular Hbond substituents is 1. The van der Waals surface area contributed by atoms with Crippen LogP contribution in [-0.2, 0) is 4.79 Å². The zero-order valence-corrected chi connectivity index (χ0v) is 11.2. The number of carbonyl (C=O) groups is 1. The molecule has 1 saturated heterocycles. The summed E-state index contributed by atoms with van der Waals surface area (Å²) in [7, 11) is 0. The average Bonchev–Trinajstić information content (AvgIpc) is 3.16. The lowest BCUT2D eigenvalue weighted by Gasteiger charge is -2.36. The van der Waals surface area contributed by atoms with E-state index in [2.05, 4.69) is 11.8 Å². The molecule has 0 spiro atoms. The lowest BCUT2D eigenvalue weighted by molar-refractivity contribution is -0.133. The highest BCUT2D eigenvalue weighted by Gasteiger charge is 2.41. The highest BCUT2D eigenvalue weighted by Crippen LogP contribution is 2.39. The predicted octanol–water partition coefficient (Wildman–Crippen LogP) is 1.70. The topological polar surface area (TPSA) is 43.8 Å². The number of phenols is 1. The smallest absolute Gasteiger partial charge is 0.226 e. The first-order chi connectivity index (χ1) is 9.15. The van der Waals surface area contributed by atoms with Gasteiger partial charge in [0.15, 0.2) is 0 Å². The summed E-state index contributed by atoms with van der Waals surface area (Å²) in [6, 6.07) is 7.27. The van der Waals surface area contributed by atoms with Gasteiger partial charge in [0.05, 0.1) is 0 Å². The van der Waals surface area contributed by atoms with Gasteiger partial charge in [-0.1, -0.05) is 6.92 Å². The second-order valence-corrected chi connectivity index (χ2v) is 5.65. The van der Waals surface area contributed by atoms with Crippen molar-refractivity contribution in [2.24, 2.45) is 11.8 Å². The van der Waals surface area contributed by atoms with Crippen LogP contribution < -0.4 is 4.90 Å². The molecule has 2 unspecified atom stereocenters. The summed E-state index contributed by atoms with van der Waals surface area (Å²) >= 11 is 0. The molecule has 1 amide bonds. The van der Waals surface area contributed by atoms with Gasteiger partial charge in [-0.2, -0.15) is 0 Å². The maximum absolute atomic E-state index is 12.1. The Balaban J connectivity index is 1.57. The van der Waals surface area contributed by atoms with E-state index in [1.165, 1.54) is 0 Å². The van der Waals surface area contributed by atoms with Gasteiger partial charge in [0.25, 0.3) is 0 Å². The van der Waals surface area contributed by atoms with Crippen molar-refractivity contribution in [1.82, 2.24) is 4.90 Å². The molecule has 1 saturated carbocycles. The third kappa shape index (κ3) is 2.53. The second-order valence-electron chi connectivity index (χ2n) is 5.65. The molecule has 0 bridgehead atoms. The Kier molecular flexibility index (Phi) is 3.09. The summed E-state index contributed by atoms with van der Waals surface area (Å²) in [5, 5.41) is 9.29. The van der Waals surface area contributed by atoms with Gasteiger partial charge in [-0.05, 0) is 36.6 Å². The molecule has 1 aliphatic heterocycles. The van der Waals surface area contributed by atoms with E-state index in [0.29, 0.717) is 23.5 Å². The van der Waals surface area contributed by atoms with Gasteiger partial charge in [0.1, 0.15) is 5.75 Å². The molecule has 0 radical (unpaired) electrons. The first-order valence-electron chi connectivity index (χ1n) is 6.98. The van der Waals surface area contributed by atoms with Crippen LogP contribution in [0.1, 0.15) is 13.3 Å². The van der Waals surface area contributed by atoms with Crippen LogP contribution in [0.15, 0.2) is 24.3 Å². The first-order valence-corrected chi connectivity index (χ1v) is 6.98. The normalized spacial score (nSPS) is 26.4. The van der Waals surface area contributed by atoms with E-state index in [1.807, 2.05) is 17.0 Å². The van der Waals surface area contributed by atoms with Gasteiger partial charge < -0.3 is 14.9 Å². The SMILES string of the molecule is CC1CC1C(=O)N1CCN(c2ccc(O)cc2)CC1. The van der Waals surface area contributed by atoms with E-state index >= 15 is 0 Å². The molecule has 1 aromatic carbocycles. The maximum Gasteiger partial charge on any atom is 0.226 e.